The number of amides is 1. The van der Waals surface area contributed by atoms with Crippen LogP contribution in [0.1, 0.15) is 17.5 Å². The zero-order chi connectivity index (χ0) is 18.4. The number of nitrogens with one attached hydrogen (secondary N) is 3. The van der Waals surface area contributed by atoms with Crippen LogP contribution in [0.2, 0.25) is 5.02 Å². The third-order valence-corrected chi connectivity index (χ3v) is 4.17. The van der Waals surface area contributed by atoms with Gasteiger partial charge >= 0.3 is 0 Å². The molecule has 26 heavy (non-hydrogen) atoms. The molecule has 1 aliphatic carbocycles. The molecule has 6 heteroatoms. The summed E-state index contributed by atoms with van der Waals surface area (Å²) in [6.07, 6.45) is 6.37. The first-order valence-electron chi connectivity index (χ1n) is 8.47. The van der Waals surface area contributed by atoms with E-state index in [-0.39, 0.29) is 5.91 Å². The Kier molecular flexibility index (Phi) is 6.04. The lowest BCUT2D eigenvalue weighted by Crippen LogP contribution is -2.30. The molecular formula is C20H21ClN4O. The minimum Gasteiger partial charge on any atom is -0.351 e. The van der Waals surface area contributed by atoms with Crippen LogP contribution in [0, 0.1) is 0 Å². The van der Waals surface area contributed by atoms with Crippen molar-refractivity contribution in [3.05, 3.63) is 71.4 Å². The van der Waals surface area contributed by atoms with Crippen LogP contribution in [-0.2, 0) is 11.3 Å². The Labute approximate surface area is 158 Å². The summed E-state index contributed by atoms with van der Waals surface area (Å²) in [5.41, 5.74) is 4.58. The monoisotopic (exact) mass is 368 g/mol. The number of aromatic nitrogens is 1. The average molecular weight is 369 g/mol. The summed E-state index contributed by atoms with van der Waals surface area (Å²) in [6.45, 7) is 5.36. The van der Waals surface area contributed by atoms with Crippen molar-refractivity contribution in [3.63, 3.8) is 0 Å². The molecule has 0 atom stereocenters. The molecule has 1 heterocycles. The van der Waals surface area contributed by atoms with Gasteiger partial charge in [0.1, 0.15) is 5.82 Å². The van der Waals surface area contributed by atoms with Crippen LogP contribution in [-0.4, -0.2) is 24.0 Å². The molecular weight excluding hydrogens is 348 g/mol. The second-order valence-electron chi connectivity index (χ2n) is 5.97. The Balaban J connectivity index is 1.61. The van der Waals surface area contributed by atoms with Crippen molar-refractivity contribution in [1.29, 1.82) is 0 Å². The smallest absolute Gasteiger partial charge is 0.243 e. The lowest BCUT2D eigenvalue weighted by atomic mass is 10.1. The molecule has 0 unspecified atom stereocenters. The Bertz CT molecular complexity index is 847. The normalized spacial score (nSPS) is 12.3. The Morgan fingerprint density at radius 3 is 2.88 bits per heavy atom. The number of carbonyl (C=O) groups is 1. The number of hydrogen-bond donors (Lipinski definition) is 3. The van der Waals surface area contributed by atoms with Gasteiger partial charge in [0.2, 0.25) is 5.91 Å². The van der Waals surface area contributed by atoms with Gasteiger partial charge in [-0.1, -0.05) is 30.3 Å². The first-order chi connectivity index (χ1) is 12.7. The molecule has 1 aliphatic rings. The van der Waals surface area contributed by atoms with E-state index in [4.69, 9.17) is 11.6 Å². The number of allylic oxidation sites excluding steroid dienone is 2. The van der Waals surface area contributed by atoms with Crippen molar-refractivity contribution < 1.29 is 4.79 Å². The van der Waals surface area contributed by atoms with Gasteiger partial charge in [0, 0.05) is 36.5 Å². The van der Waals surface area contributed by atoms with E-state index >= 15 is 0 Å². The molecule has 1 amide bonds. The minimum absolute atomic E-state index is 0.159. The molecule has 3 rings (SSSR count). The first kappa shape index (κ1) is 18.2. The highest BCUT2D eigenvalue weighted by molar-refractivity contribution is 6.30. The molecule has 134 valence electrons. The van der Waals surface area contributed by atoms with Crippen LogP contribution < -0.4 is 16.0 Å². The summed E-state index contributed by atoms with van der Waals surface area (Å²) in [6, 6.07) is 9.63. The van der Waals surface area contributed by atoms with E-state index in [0.29, 0.717) is 24.7 Å². The fourth-order valence-corrected chi connectivity index (χ4v) is 2.74. The van der Waals surface area contributed by atoms with E-state index in [2.05, 4.69) is 39.7 Å². The van der Waals surface area contributed by atoms with Crippen molar-refractivity contribution in [2.75, 3.05) is 18.4 Å². The number of hydrogen-bond acceptors (Lipinski definition) is 4. The van der Waals surface area contributed by atoms with E-state index in [0.717, 1.165) is 23.5 Å². The largest absolute Gasteiger partial charge is 0.351 e. The highest BCUT2D eigenvalue weighted by Gasteiger charge is 2.16. The molecule has 0 saturated carbocycles. The fraction of sp³-hybridized carbons (Fsp3) is 0.200. The molecule has 0 radical (unpaired) electrons. The summed E-state index contributed by atoms with van der Waals surface area (Å²) in [5.74, 6) is 0.630. The van der Waals surface area contributed by atoms with Crippen molar-refractivity contribution in [3.8, 4) is 0 Å². The molecule has 0 saturated heterocycles. The Morgan fingerprint density at radius 1 is 1.31 bits per heavy atom. The fourth-order valence-electron chi connectivity index (χ4n) is 2.55. The highest BCUT2D eigenvalue weighted by atomic mass is 35.5. The Morgan fingerprint density at radius 2 is 2.15 bits per heavy atom. The maximum Gasteiger partial charge on any atom is 0.243 e. The number of rotatable bonds is 9. The average Bonchev–Trinajstić information content (AvgIpc) is 3.47. The number of carbonyl (C=O) groups excluding carboxylic acids is 1. The molecule has 0 bridgehead atoms. The van der Waals surface area contributed by atoms with Crippen LogP contribution in [0.3, 0.4) is 0 Å². The van der Waals surface area contributed by atoms with Gasteiger partial charge in [-0.2, -0.15) is 0 Å². The van der Waals surface area contributed by atoms with Crippen molar-refractivity contribution in [2.45, 2.75) is 13.0 Å². The minimum atomic E-state index is -0.159. The van der Waals surface area contributed by atoms with Crippen molar-refractivity contribution in [2.24, 2.45) is 0 Å². The van der Waals surface area contributed by atoms with Gasteiger partial charge in [0.05, 0.1) is 0 Å². The second kappa shape index (κ2) is 8.65. The number of benzene rings is 1. The molecule has 0 spiro atoms. The van der Waals surface area contributed by atoms with Gasteiger partial charge < -0.3 is 16.0 Å². The predicted octanol–water partition coefficient (Wildman–Crippen LogP) is 3.66. The second-order valence-corrected chi connectivity index (χ2v) is 6.40. The van der Waals surface area contributed by atoms with Crippen LogP contribution in [0.15, 0.2) is 55.3 Å². The predicted molar refractivity (Wildman–Crippen MR) is 106 cm³/mol. The summed E-state index contributed by atoms with van der Waals surface area (Å²) in [5, 5.41) is 10.0. The summed E-state index contributed by atoms with van der Waals surface area (Å²) in [7, 11) is 0. The summed E-state index contributed by atoms with van der Waals surface area (Å²) < 4.78 is 0. The number of halogens is 1. The zero-order valence-corrected chi connectivity index (χ0v) is 15.1. The van der Waals surface area contributed by atoms with Gasteiger partial charge in [0.15, 0.2) is 0 Å². The van der Waals surface area contributed by atoms with Gasteiger partial charge in [-0.15, -0.1) is 0 Å². The van der Waals surface area contributed by atoms with E-state index < -0.39 is 0 Å². The Hall–Kier alpha value is -2.63. The quantitative estimate of drug-likeness (QED) is 0.467. The molecule has 0 fully saturated rings. The lowest BCUT2D eigenvalue weighted by molar-refractivity contribution is -0.116. The molecule has 1 aromatic carbocycles. The molecule has 2 aromatic rings. The van der Waals surface area contributed by atoms with E-state index in [1.807, 2.05) is 30.5 Å². The number of pyridine rings is 1. The summed E-state index contributed by atoms with van der Waals surface area (Å²) >= 11 is 6.03. The van der Waals surface area contributed by atoms with Gasteiger partial charge in [-0.25, -0.2) is 4.98 Å². The standard InChI is InChI=1S/C20H21ClN4O/c1-2-20(26)23-9-8-22-12-15-13-24-19(11-18(15)14-6-7-14)25-17-5-3-4-16(21)10-17/h2-6,10-11,13,22H,1,7-9,12H2,(H,23,26)(H,24,25). The van der Waals surface area contributed by atoms with E-state index in [9.17, 15) is 4.79 Å². The number of anilines is 2. The van der Waals surface area contributed by atoms with Crippen molar-refractivity contribution >= 4 is 34.6 Å². The van der Waals surface area contributed by atoms with E-state index in [1.54, 1.807) is 0 Å². The van der Waals surface area contributed by atoms with Crippen LogP contribution in [0.5, 0.6) is 0 Å². The molecule has 3 N–H and O–H groups in total. The summed E-state index contributed by atoms with van der Waals surface area (Å²) in [4.78, 5) is 15.6. The first-order valence-corrected chi connectivity index (χ1v) is 8.85. The third-order valence-electron chi connectivity index (χ3n) is 3.94. The van der Waals surface area contributed by atoms with Crippen LogP contribution in [0.25, 0.3) is 5.57 Å². The van der Waals surface area contributed by atoms with Gasteiger partial charge in [-0.3, -0.25) is 4.79 Å². The molecule has 1 aromatic heterocycles. The van der Waals surface area contributed by atoms with Gasteiger partial charge in [0.25, 0.3) is 0 Å². The lowest BCUT2D eigenvalue weighted by Gasteiger charge is -2.12. The topological polar surface area (TPSA) is 66.0 Å². The maximum absolute atomic E-state index is 11.1. The third kappa shape index (κ3) is 5.18. The zero-order valence-electron chi connectivity index (χ0n) is 14.4. The highest BCUT2D eigenvalue weighted by Crippen LogP contribution is 2.34. The van der Waals surface area contributed by atoms with E-state index in [1.165, 1.54) is 17.2 Å². The van der Waals surface area contributed by atoms with Crippen LogP contribution in [0.4, 0.5) is 11.5 Å². The SMILES string of the molecule is C=CC(=O)NCCNCc1cnc(Nc2cccc(Cl)c2)cc1C1=CC1. The maximum atomic E-state index is 11.1. The number of nitrogens with zero attached hydrogens (tertiary/aromatic N) is 1. The van der Waals surface area contributed by atoms with Crippen LogP contribution >= 0.6 is 11.6 Å². The molecule has 0 aliphatic heterocycles. The van der Waals surface area contributed by atoms with Crippen molar-refractivity contribution in [1.82, 2.24) is 15.6 Å². The van der Waals surface area contributed by atoms with Gasteiger partial charge in [-0.05, 0) is 53.5 Å². The molecule has 5 nitrogen and oxygen atoms in total.